The Kier molecular flexibility index (Phi) is 5.67. The largest absolute Gasteiger partial charge is 0.298 e. The molecule has 0 atom stereocenters. The maximum atomic E-state index is 12.0. The van der Waals surface area contributed by atoms with E-state index in [1.807, 2.05) is 13.0 Å². The van der Waals surface area contributed by atoms with Gasteiger partial charge in [0.1, 0.15) is 0 Å². The molecule has 0 bridgehead atoms. The summed E-state index contributed by atoms with van der Waals surface area (Å²) in [6.45, 7) is 1.89. The van der Waals surface area contributed by atoms with Gasteiger partial charge in [0.25, 0.3) is 11.8 Å². The second-order valence-corrected chi connectivity index (χ2v) is 5.58. The van der Waals surface area contributed by atoms with Crippen LogP contribution in [-0.2, 0) is 0 Å². The summed E-state index contributed by atoms with van der Waals surface area (Å²) in [7, 11) is 0. The molecule has 0 aliphatic heterocycles. The van der Waals surface area contributed by atoms with Crippen molar-refractivity contribution in [2.75, 3.05) is 0 Å². The summed E-state index contributed by atoms with van der Waals surface area (Å²) in [5.41, 5.74) is 6.74. The quantitative estimate of drug-likeness (QED) is 0.577. The van der Waals surface area contributed by atoms with Gasteiger partial charge >= 0.3 is 0 Å². The lowest BCUT2D eigenvalue weighted by Gasteiger charge is -2.11. The number of benzene rings is 2. The molecular formula is C16H14ClN3O2S. The third-order valence-electron chi connectivity index (χ3n) is 2.90. The highest BCUT2D eigenvalue weighted by Gasteiger charge is 2.09. The Morgan fingerprint density at radius 3 is 2.30 bits per heavy atom. The second-order valence-electron chi connectivity index (χ2n) is 4.74. The van der Waals surface area contributed by atoms with E-state index in [0.717, 1.165) is 5.56 Å². The van der Waals surface area contributed by atoms with Gasteiger partial charge in [0.05, 0.1) is 0 Å². The molecule has 3 N–H and O–H groups in total. The van der Waals surface area contributed by atoms with Crippen LogP contribution < -0.4 is 16.2 Å². The van der Waals surface area contributed by atoms with Crippen LogP contribution in [0.5, 0.6) is 0 Å². The molecule has 0 radical (unpaired) electrons. The number of carbonyl (C=O) groups excluding carboxylic acids is 2. The number of carbonyl (C=O) groups is 2. The van der Waals surface area contributed by atoms with Gasteiger partial charge in [-0.15, -0.1) is 0 Å². The molecule has 5 nitrogen and oxygen atoms in total. The molecular weight excluding hydrogens is 334 g/mol. The summed E-state index contributed by atoms with van der Waals surface area (Å²) >= 11 is 10.7. The number of rotatable bonds is 2. The van der Waals surface area contributed by atoms with Crippen LogP contribution in [0.25, 0.3) is 0 Å². The predicted molar refractivity (Wildman–Crippen MR) is 93.3 cm³/mol. The first kappa shape index (κ1) is 16.9. The van der Waals surface area contributed by atoms with Gasteiger partial charge in [0, 0.05) is 16.1 Å². The second kappa shape index (κ2) is 7.71. The molecule has 0 heterocycles. The van der Waals surface area contributed by atoms with E-state index in [2.05, 4.69) is 16.2 Å². The Labute approximate surface area is 144 Å². The molecule has 0 aromatic heterocycles. The highest BCUT2D eigenvalue weighted by molar-refractivity contribution is 7.80. The highest BCUT2D eigenvalue weighted by Crippen LogP contribution is 2.09. The van der Waals surface area contributed by atoms with Crippen LogP contribution in [0.4, 0.5) is 0 Å². The van der Waals surface area contributed by atoms with E-state index < -0.39 is 5.91 Å². The minimum absolute atomic E-state index is 0.00109. The van der Waals surface area contributed by atoms with Gasteiger partial charge in [-0.2, -0.15) is 0 Å². The van der Waals surface area contributed by atoms with Gasteiger partial charge in [-0.1, -0.05) is 29.3 Å². The van der Waals surface area contributed by atoms with Crippen LogP contribution in [0.1, 0.15) is 26.3 Å². The molecule has 23 heavy (non-hydrogen) atoms. The van der Waals surface area contributed by atoms with E-state index in [1.54, 1.807) is 42.5 Å². The standard InChI is InChI=1S/C16H14ClN3O2S/c1-10-3-2-4-12(9-10)14(21)18-16(23)20-19-15(22)11-5-7-13(17)8-6-11/h2-9H,1H3,(H,19,22)(H2,18,20,21,23). The number of thiocarbonyl (C=S) groups is 1. The molecule has 0 aliphatic carbocycles. The highest BCUT2D eigenvalue weighted by atomic mass is 35.5. The molecule has 7 heteroatoms. The van der Waals surface area contributed by atoms with Gasteiger partial charge in [-0.3, -0.25) is 25.8 Å². The lowest BCUT2D eigenvalue weighted by molar-refractivity contribution is 0.0934. The Hall–Kier alpha value is -2.44. The smallest absolute Gasteiger partial charge is 0.269 e. The van der Waals surface area contributed by atoms with Crippen molar-refractivity contribution in [3.05, 3.63) is 70.2 Å². The molecule has 0 unspecified atom stereocenters. The Bertz CT molecular complexity index is 747. The van der Waals surface area contributed by atoms with Crippen molar-refractivity contribution >= 4 is 40.7 Å². The number of amides is 2. The average molecular weight is 348 g/mol. The van der Waals surface area contributed by atoms with Crippen LogP contribution in [-0.4, -0.2) is 16.9 Å². The zero-order chi connectivity index (χ0) is 16.8. The predicted octanol–water partition coefficient (Wildman–Crippen LogP) is 2.60. The molecule has 0 saturated carbocycles. The van der Waals surface area contributed by atoms with Gasteiger partial charge in [-0.25, -0.2) is 0 Å². The Balaban J connectivity index is 1.86. The molecule has 2 aromatic rings. The third kappa shape index (κ3) is 5.05. The van der Waals surface area contributed by atoms with Crippen LogP contribution in [0, 0.1) is 6.92 Å². The first-order valence-corrected chi connectivity index (χ1v) is 7.48. The van der Waals surface area contributed by atoms with Crippen molar-refractivity contribution in [1.29, 1.82) is 0 Å². The number of hydrogen-bond donors (Lipinski definition) is 3. The molecule has 2 aromatic carbocycles. The minimum atomic E-state index is -0.395. The monoisotopic (exact) mass is 347 g/mol. The van der Waals surface area contributed by atoms with E-state index >= 15 is 0 Å². The first-order chi connectivity index (χ1) is 11.0. The van der Waals surface area contributed by atoms with Crippen LogP contribution in [0.2, 0.25) is 5.02 Å². The van der Waals surface area contributed by atoms with Crippen molar-refractivity contribution in [1.82, 2.24) is 16.2 Å². The summed E-state index contributed by atoms with van der Waals surface area (Å²) in [5.74, 6) is -0.749. The third-order valence-corrected chi connectivity index (χ3v) is 3.36. The fourth-order valence-corrected chi connectivity index (χ4v) is 2.05. The SMILES string of the molecule is Cc1cccc(C(=O)NC(=S)NNC(=O)c2ccc(Cl)cc2)c1. The number of hydrogen-bond acceptors (Lipinski definition) is 3. The topological polar surface area (TPSA) is 70.2 Å². The molecule has 0 fully saturated rings. The van der Waals surface area contributed by atoms with Crippen LogP contribution >= 0.6 is 23.8 Å². The van der Waals surface area contributed by atoms with Crippen molar-refractivity contribution in [3.63, 3.8) is 0 Å². The van der Waals surface area contributed by atoms with Crippen molar-refractivity contribution in [3.8, 4) is 0 Å². The molecule has 118 valence electrons. The van der Waals surface area contributed by atoms with E-state index in [9.17, 15) is 9.59 Å². The molecule has 0 saturated heterocycles. The van der Waals surface area contributed by atoms with Crippen LogP contribution in [0.3, 0.4) is 0 Å². The van der Waals surface area contributed by atoms with Crippen LogP contribution in [0.15, 0.2) is 48.5 Å². The zero-order valence-corrected chi connectivity index (χ0v) is 13.8. The van der Waals surface area contributed by atoms with E-state index in [4.69, 9.17) is 23.8 Å². The lowest BCUT2D eigenvalue weighted by atomic mass is 10.1. The van der Waals surface area contributed by atoms with E-state index in [-0.39, 0.29) is 11.0 Å². The molecule has 0 spiro atoms. The summed E-state index contributed by atoms with van der Waals surface area (Å²) < 4.78 is 0. The Morgan fingerprint density at radius 2 is 1.65 bits per heavy atom. The minimum Gasteiger partial charge on any atom is -0.298 e. The van der Waals surface area contributed by atoms with Gasteiger partial charge < -0.3 is 0 Å². The number of aryl methyl sites for hydroxylation is 1. The van der Waals surface area contributed by atoms with Crippen molar-refractivity contribution in [2.45, 2.75) is 6.92 Å². The summed E-state index contributed by atoms with van der Waals surface area (Å²) in [6.07, 6.45) is 0. The summed E-state index contributed by atoms with van der Waals surface area (Å²) in [5, 5.41) is 3.02. The maximum absolute atomic E-state index is 12.0. The fourth-order valence-electron chi connectivity index (χ4n) is 1.78. The number of nitrogens with one attached hydrogen (secondary N) is 3. The number of halogens is 1. The van der Waals surface area contributed by atoms with E-state index in [1.165, 1.54) is 0 Å². The average Bonchev–Trinajstić information content (AvgIpc) is 2.53. The van der Waals surface area contributed by atoms with E-state index in [0.29, 0.717) is 16.1 Å². The van der Waals surface area contributed by atoms with Gasteiger partial charge in [0.15, 0.2) is 5.11 Å². The summed E-state index contributed by atoms with van der Waals surface area (Å²) in [4.78, 5) is 23.9. The van der Waals surface area contributed by atoms with Crippen molar-refractivity contribution in [2.24, 2.45) is 0 Å². The number of hydrazine groups is 1. The maximum Gasteiger partial charge on any atom is 0.269 e. The summed E-state index contributed by atoms with van der Waals surface area (Å²) in [6, 6.07) is 13.5. The molecule has 0 aliphatic rings. The zero-order valence-electron chi connectivity index (χ0n) is 12.2. The molecule has 2 rings (SSSR count). The lowest BCUT2D eigenvalue weighted by Crippen LogP contribution is -2.48. The molecule has 2 amide bonds. The Morgan fingerprint density at radius 1 is 0.957 bits per heavy atom. The van der Waals surface area contributed by atoms with Gasteiger partial charge in [-0.05, 0) is 55.5 Å². The normalized spacial score (nSPS) is 9.83. The first-order valence-electron chi connectivity index (χ1n) is 6.69. The fraction of sp³-hybridized carbons (Fsp3) is 0.0625. The van der Waals surface area contributed by atoms with Crippen molar-refractivity contribution < 1.29 is 9.59 Å². The van der Waals surface area contributed by atoms with Gasteiger partial charge in [0.2, 0.25) is 0 Å².